The summed E-state index contributed by atoms with van der Waals surface area (Å²) in [7, 11) is 4.06. The molecule has 0 saturated heterocycles. The lowest BCUT2D eigenvalue weighted by Crippen LogP contribution is -2.38. The fourth-order valence-corrected chi connectivity index (χ4v) is 2.73. The monoisotopic (exact) mass is 341 g/mol. The molecule has 3 N–H and O–H groups in total. The number of rotatable bonds is 8. The van der Waals surface area contributed by atoms with Crippen LogP contribution in [-0.2, 0) is 13.1 Å². The predicted molar refractivity (Wildman–Crippen MR) is 100 cm³/mol. The predicted octanol–water partition coefficient (Wildman–Crippen LogP) is 2.67. The summed E-state index contributed by atoms with van der Waals surface area (Å²) in [6.45, 7) is 1.35. The highest BCUT2D eigenvalue weighted by Crippen LogP contribution is 2.15. The van der Waals surface area contributed by atoms with Crippen LogP contribution in [0.5, 0.6) is 0 Å². The maximum atomic E-state index is 12.2. The molecule has 0 aliphatic rings. The molecule has 2 aromatic rings. The number of hydrogen-bond acceptors (Lipinski definition) is 3. The van der Waals surface area contributed by atoms with Gasteiger partial charge in [-0.25, -0.2) is 4.79 Å². The van der Waals surface area contributed by atoms with Crippen molar-refractivity contribution in [2.24, 2.45) is 0 Å². The van der Waals surface area contributed by atoms with Crippen molar-refractivity contribution in [1.82, 2.24) is 15.5 Å². The van der Waals surface area contributed by atoms with E-state index in [4.69, 9.17) is 0 Å². The summed E-state index contributed by atoms with van der Waals surface area (Å²) in [6, 6.07) is 17.4. The number of hydrogen-bond donors (Lipinski definition) is 3. The molecule has 0 aliphatic heterocycles. The van der Waals surface area contributed by atoms with Crippen molar-refractivity contribution < 1.29 is 9.90 Å². The molecule has 0 aliphatic carbocycles. The Balaban J connectivity index is 1.91. The summed E-state index contributed by atoms with van der Waals surface area (Å²) >= 11 is 0. The third kappa shape index (κ3) is 6.57. The third-order valence-electron chi connectivity index (χ3n) is 3.87. The molecule has 5 heteroatoms. The largest absolute Gasteiger partial charge is 0.396 e. The molecule has 2 amide bonds. The minimum atomic E-state index is -0.236. The molecule has 0 bridgehead atoms. The lowest BCUT2D eigenvalue weighted by atomic mass is 10.0. The molecule has 0 radical (unpaired) electrons. The van der Waals surface area contributed by atoms with Crippen molar-refractivity contribution in [2.45, 2.75) is 25.6 Å². The average Bonchev–Trinajstić information content (AvgIpc) is 2.60. The van der Waals surface area contributed by atoms with E-state index in [9.17, 15) is 9.90 Å². The smallest absolute Gasteiger partial charge is 0.315 e. The number of nitrogens with one attached hydrogen (secondary N) is 2. The zero-order chi connectivity index (χ0) is 18.1. The molecule has 5 nitrogen and oxygen atoms in total. The zero-order valence-corrected chi connectivity index (χ0v) is 14.9. The van der Waals surface area contributed by atoms with Crippen LogP contribution in [0, 0.1) is 0 Å². The molecule has 0 spiro atoms. The molecule has 25 heavy (non-hydrogen) atoms. The fraction of sp³-hybridized carbons (Fsp3) is 0.350. The highest BCUT2D eigenvalue weighted by atomic mass is 16.3. The van der Waals surface area contributed by atoms with E-state index in [1.54, 1.807) is 0 Å². The Bertz CT molecular complexity index is 659. The van der Waals surface area contributed by atoms with Crippen LogP contribution in [-0.4, -0.2) is 36.7 Å². The molecule has 1 atom stereocenters. The molecule has 0 fully saturated rings. The standard InChI is InChI=1S/C20H27N3O2/c1-23(2)15-17-8-6-7-16(13-17)14-21-20(25)22-19(11-12-24)18-9-4-3-5-10-18/h3-10,13,19,24H,11-12,14-15H2,1-2H3,(H2,21,22,25)/t19-/m1/s1. The van der Waals surface area contributed by atoms with Crippen molar-refractivity contribution in [1.29, 1.82) is 0 Å². The van der Waals surface area contributed by atoms with Crippen LogP contribution in [0.15, 0.2) is 54.6 Å². The third-order valence-corrected chi connectivity index (χ3v) is 3.87. The minimum absolute atomic E-state index is 0.0203. The first-order valence-corrected chi connectivity index (χ1v) is 8.51. The van der Waals surface area contributed by atoms with Gasteiger partial charge in [-0.1, -0.05) is 54.6 Å². The van der Waals surface area contributed by atoms with E-state index in [0.29, 0.717) is 13.0 Å². The Morgan fingerprint density at radius 2 is 1.80 bits per heavy atom. The quantitative estimate of drug-likeness (QED) is 0.692. The van der Waals surface area contributed by atoms with Gasteiger partial charge >= 0.3 is 6.03 Å². The highest BCUT2D eigenvalue weighted by molar-refractivity contribution is 5.74. The van der Waals surface area contributed by atoms with E-state index >= 15 is 0 Å². The lowest BCUT2D eigenvalue weighted by Gasteiger charge is -2.19. The normalized spacial score (nSPS) is 12.0. The summed E-state index contributed by atoms with van der Waals surface area (Å²) in [5.74, 6) is 0. The van der Waals surface area contributed by atoms with E-state index in [1.807, 2.05) is 56.6 Å². The van der Waals surface area contributed by atoms with E-state index in [-0.39, 0.29) is 18.7 Å². The first kappa shape index (κ1) is 19.0. The number of benzene rings is 2. The summed E-state index contributed by atoms with van der Waals surface area (Å²) in [4.78, 5) is 14.3. The maximum absolute atomic E-state index is 12.2. The van der Waals surface area contributed by atoms with Crippen molar-refractivity contribution >= 4 is 6.03 Å². The summed E-state index contributed by atoms with van der Waals surface area (Å²) in [6.07, 6.45) is 0.482. The molecule has 0 heterocycles. The molecule has 0 unspecified atom stereocenters. The highest BCUT2D eigenvalue weighted by Gasteiger charge is 2.13. The van der Waals surface area contributed by atoms with Crippen LogP contribution in [0.1, 0.15) is 29.2 Å². The van der Waals surface area contributed by atoms with E-state index in [1.165, 1.54) is 5.56 Å². The van der Waals surface area contributed by atoms with Gasteiger partial charge in [0, 0.05) is 19.7 Å². The van der Waals surface area contributed by atoms with E-state index in [2.05, 4.69) is 27.7 Å². The number of nitrogens with zero attached hydrogens (tertiary/aromatic N) is 1. The molecular formula is C20H27N3O2. The van der Waals surface area contributed by atoms with Gasteiger partial charge in [-0.3, -0.25) is 0 Å². The van der Waals surface area contributed by atoms with Crippen molar-refractivity contribution in [3.05, 3.63) is 71.3 Å². The summed E-state index contributed by atoms with van der Waals surface area (Å²) in [5, 5.41) is 15.1. The number of aliphatic hydroxyl groups is 1. The number of aliphatic hydroxyl groups excluding tert-OH is 1. The molecule has 134 valence electrons. The average molecular weight is 341 g/mol. The van der Waals surface area contributed by atoms with Crippen LogP contribution in [0.2, 0.25) is 0 Å². The molecule has 2 aromatic carbocycles. The van der Waals surface area contributed by atoms with Gasteiger partial charge in [-0.2, -0.15) is 0 Å². The molecule has 0 aromatic heterocycles. The second kappa shape index (κ2) is 9.81. The second-order valence-electron chi connectivity index (χ2n) is 6.36. The summed E-state index contributed by atoms with van der Waals surface area (Å²) in [5.41, 5.74) is 3.26. The Morgan fingerprint density at radius 1 is 1.08 bits per heavy atom. The van der Waals surface area contributed by atoms with Gasteiger partial charge in [0.25, 0.3) is 0 Å². The fourth-order valence-electron chi connectivity index (χ4n) is 2.73. The number of amides is 2. The van der Waals surface area contributed by atoms with Crippen LogP contribution in [0.4, 0.5) is 4.79 Å². The van der Waals surface area contributed by atoms with Gasteiger partial charge in [-0.15, -0.1) is 0 Å². The van der Waals surface area contributed by atoms with E-state index in [0.717, 1.165) is 17.7 Å². The number of urea groups is 1. The van der Waals surface area contributed by atoms with Crippen LogP contribution < -0.4 is 10.6 Å². The Morgan fingerprint density at radius 3 is 2.48 bits per heavy atom. The number of carbonyl (C=O) groups excluding carboxylic acids is 1. The Hall–Kier alpha value is -2.37. The zero-order valence-electron chi connectivity index (χ0n) is 14.9. The van der Waals surface area contributed by atoms with Gasteiger partial charge in [-0.05, 0) is 37.2 Å². The number of carbonyl (C=O) groups is 1. The molecule has 2 rings (SSSR count). The van der Waals surface area contributed by atoms with Gasteiger partial charge in [0.05, 0.1) is 6.04 Å². The van der Waals surface area contributed by atoms with Gasteiger partial charge in [0.2, 0.25) is 0 Å². The van der Waals surface area contributed by atoms with Crippen molar-refractivity contribution in [3.63, 3.8) is 0 Å². The minimum Gasteiger partial charge on any atom is -0.396 e. The van der Waals surface area contributed by atoms with Crippen molar-refractivity contribution in [2.75, 3.05) is 20.7 Å². The van der Waals surface area contributed by atoms with E-state index < -0.39 is 0 Å². The SMILES string of the molecule is CN(C)Cc1cccc(CNC(=O)N[C@H](CCO)c2ccccc2)c1. The van der Waals surface area contributed by atoms with Gasteiger partial charge < -0.3 is 20.6 Å². The maximum Gasteiger partial charge on any atom is 0.315 e. The first-order valence-electron chi connectivity index (χ1n) is 8.51. The van der Waals surface area contributed by atoms with Gasteiger partial charge in [0.15, 0.2) is 0 Å². The molecular weight excluding hydrogens is 314 g/mol. The van der Waals surface area contributed by atoms with Crippen molar-refractivity contribution in [3.8, 4) is 0 Å². The van der Waals surface area contributed by atoms with Crippen LogP contribution >= 0.6 is 0 Å². The second-order valence-corrected chi connectivity index (χ2v) is 6.36. The molecule has 0 saturated carbocycles. The Labute approximate surface area is 149 Å². The topological polar surface area (TPSA) is 64.6 Å². The Kier molecular flexibility index (Phi) is 7.44. The van der Waals surface area contributed by atoms with Crippen LogP contribution in [0.3, 0.4) is 0 Å². The first-order chi connectivity index (χ1) is 12.1. The van der Waals surface area contributed by atoms with Crippen LogP contribution in [0.25, 0.3) is 0 Å². The summed E-state index contributed by atoms with van der Waals surface area (Å²) < 4.78 is 0. The lowest BCUT2D eigenvalue weighted by molar-refractivity contribution is 0.229. The van der Waals surface area contributed by atoms with Gasteiger partial charge in [0.1, 0.15) is 0 Å².